The summed E-state index contributed by atoms with van der Waals surface area (Å²) in [7, 11) is 0. The molecule has 7 heteroatoms. The lowest BCUT2D eigenvalue weighted by Crippen LogP contribution is -2.51. The van der Waals surface area contributed by atoms with Crippen molar-refractivity contribution in [2.45, 2.75) is 13.0 Å². The molecule has 2 amide bonds. The molecule has 3 rings (SSSR count). The van der Waals surface area contributed by atoms with E-state index in [1.165, 1.54) is 24.7 Å². The molecule has 0 spiro atoms. The molecule has 138 valence electrons. The summed E-state index contributed by atoms with van der Waals surface area (Å²) in [5.74, 6) is -0.431. The topological polar surface area (TPSA) is 65.8 Å². The van der Waals surface area contributed by atoms with Gasteiger partial charge >= 0.3 is 0 Å². The van der Waals surface area contributed by atoms with Gasteiger partial charge < -0.3 is 14.6 Å². The zero-order chi connectivity index (χ0) is 18.5. The summed E-state index contributed by atoms with van der Waals surface area (Å²) in [5, 5.41) is 2.92. The monoisotopic (exact) mass is 359 g/mol. The highest BCUT2D eigenvalue weighted by Crippen LogP contribution is 2.13. The van der Waals surface area contributed by atoms with Crippen molar-refractivity contribution in [3.63, 3.8) is 0 Å². The SMILES string of the molecule is CC(NC(=O)CN1CCN(C(=O)c2ccoc2)CC1)c1ccc(F)cc1. The van der Waals surface area contributed by atoms with Crippen LogP contribution in [0, 0.1) is 5.82 Å². The van der Waals surface area contributed by atoms with Gasteiger partial charge in [-0.2, -0.15) is 0 Å². The van der Waals surface area contributed by atoms with E-state index in [2.05, 4.69) is 5.32 Å². The van der Waals surface area contributed by atoms with Crippen LogP contribution >= 0.6 is 0 Å². The van der Waals surface area contributed by atoms with Crippen LogP contribution in [0.25, 0.3) is 0 Å². The fraction of sp³-hybridized carbons (Fsp3) is 0.368. The molecule has 1 aromatic carbocycles. The van der Waals surface area contributed by atoms with E-state index in [9.17, 15) is 14.0 Å². The third-order valence-electron chi connectivity index (χ3n) is 4.54. The van der Waals surface area contributed by atoms with Crippen molar-refractivity contribution >= 4 is 11.8 Å². The van der Waals surface area contributed by atoms with Crippen LogP contribution in [-0.4, -0.2) is 54.3 Å². The van der Waals surface area contributed by atoms with E-state index in [4.69, 9.17) is 4.42 Å². The van der Waals surface area contributed by atoms with Crippen LogP contribution in [0.4, 0.5) is 4.39 Å². The minimum absolute atomic E-state index is 0.0483. The maximum Gasteiger partial charge on any atom is 0.257 e. The van der Waals surface area contributed by atoms with Gasteiger partial charge in [-0.25, -0.2) is 4.39 Å². The molecule has 0 radical (unpaired) electrons. The highest BCUT2D eigenvalue weighted by molar-refractivity contribution is 5.93. The first-order valence-electron chi connectivity index (χ1n) is 8.61. The molecule has 1 aliphatic rings. The number of halogens is 1. The van der Waals surface area contributed by atoms with Crippen LogP contribution in [0.15, 0.2) is 47.3 Å². The number of carbonyl (C=O) groups is 2. The van der Waals surface area contributed by atoms with E-state index < -0.39 is 0 Å². The number of amides is 2. The number of benzene rings is 1. The number of piperazine rings is 1. The van der Waals surface area contributed by atoms with Gasteiger partial charge in [-0.1, -0.05) is 12.1 Å². The Bertz CT molecular complexity index is 738. The van der Waals surface area contributed by atoms with E-state index >= 15 is 0 Å². The standard InChI is InChI=1S/C19H22FN3O3/c1-14(15-2-4-17(20)5-3-15)21-18(24)12-22-7-9-23(10-8-22)19(25)16-6-11-26-13-16/h2-6,11,13-14H,7-10,12H2,1H3,(H,21,24). The second-order valence-corrected chi connectivity index (χ2v) is 6.42. The molecule has 26 heavy (non-hydrogen) atoms. The van der Waals surface area contributed by atoms with Crippen molar-refractivity contribution < 1.29 is 18.4 Å². The van der Waals surface area contributed by atoms with Gasteiger partial charge in [-0.05, 0) is 30.7 Å². The van der Waals surface area contributed by atoms with Gasteiger partial charge in [0.1, 0.15) is 12.1 Å². The largest absolute Gasteiger partial charge is 0.472 e. The van der Waals surface area contributed by atoms with Crippen molar-refractivity contribution in [3.05, 3.63) is 59.8 Å². The molecular formula is C19H22FN3O3. The van der Waals surface area contributed by atoms with Gasteiger partial charge in [0, 0.05) is 26.2 Å². The second-order valence-electron chi connectivity index (χ2n) is 6.42. The number of nitrogens with zero attached hydrogens (tertiary/aromatic N) is 2. The number of rotatable bonds is 5. The van der Waals surface area contributed by atoms with Crippen LogP contribution in [0.2, 0.25) is 0 Å². The lowest BCUT2D eigenvalue weighted by atomic mass is 10.1. The molecule has 6 nitrogen and oxygen atoms in total. The summed E-state index contributed by atoms with van der Waals surface area (Å²) in [6.45, 7) is 4.57. The first-order valence-corrected chi connectivity index (χ1v) is 8.61. The van der Waals surface area contributed by atoms with Crippen LogP contribution in [-0.2, 0) is 4.79 Å². The summed E-state index contributed by atoms with van der Waals surface area (Å²) >= 11 is 0. The Hall–Kier alpha value is -2.67. The summed E-state index contributed by atoms with van der Waals surface area (Å²) in [6.07, 6.45) is 2.93. The highest BCUT2D eigenvalue weighted by atomic mass is 19.1. The quantitative estimate of drug-likeness (QED) is 0.887. The van der Waals surface area contributed by atoms with Gasteiger partial charge in [-0.3, -0.25) is 14.5 Å². The molecule has 0 saturated carbocycles. The summed E-state index contributed by atoms with van der Waals surface area (Å²) in [5.41, 5.74) is 1.40. The predicted molar refractivity (Wildman–Crippen MR) is 94.0 cm³/mol. The normalized spacial score (nSPS) is 16.3. The first-order chi connectivity index (χ1) is 12.5. The number of carbonyl (C=O) groups excluding carboxylic acids is 2. The fourth-order valence-electron chi connectivity index (χ4n) is 3.00. The van der Waals surface area contributed by atoms with Crippen molar-refractivity contribution in [2.24, 2.45) is 0 Å². The first kappa shape index (κ1) is 18.1. The molecule has 2 heterocycles. The zero-order valence-corrected chi connectivity index (χ0v) is 14.7. The minimum atomic E-state index is -0.296. The molecular weight excluding hydrogens is 337 g/mol. The minimum Gasteiger partial charge on any atom is -0.472 e. The average Bonchev–Trinajstić information content (AvgIpc) is 3.17. The molecule has 1 aromatic heterocycles. The van der Waals surface area contributed by atoms with Crippen molar-refractivity contribution in [3.8, 4) is 0 Å². The molecule has 0 aliphatic carbocycles. The third-order valence-corrected chi connectivity index (χ3v) is 4.54. The number of hydrogen-bond donors (Lipinski definition) is 1. The third kappa shape index (κ3) is 4.49. The van der Waals surface area contributed by atoms with Gasteiger partial charge in [0.2, 0.25) is 5.91 Å². The van der Waals surface area contributed by atoms with E-state index in [-0.39, 0.29) is 30.2 Å². The van der Waals surface area contributed by atoms with Gasteiger partial charge in [0.25, 0.3) is 5.91 Å². The highest BCUT2D eigenvalue weighted by Gasteiger charge is 2.24. The average molecular weight is 359 g/mol. The number of nitrogens with one attached hydrogen (secondary N) is 1. The van der Waals surface area contributed by atoms with E-state index in [1.807, 2.05) is 11.8 Å². The number of furan rings is 1. The van der Waals surface area contributed by atoms with Gasteiger partial charge in [0.05, 0.1) is 24.4 Å². The van der Waals surface area contributed by atoms with Crippen LogP contribution < -0.4 is 5.32 Å². The zero-order valence-electron chi connectivity index (χ0n) is 14.7. The van der Waals surface area contributed by atoms with E-state index in [1.54, 1.807) is 23.1 Å². The Morgan fingerprint density at radius 2 is 1.85 bits per heavy atom. The fourth-order valence-corrected chi connectivity index (χ4v) is 3.00. The molecule has 1 N–H and O–H groups in total. The van der Waals surface area contributed by atoms with E-state index in [0.29, 0.717) is 31.7 Å². The molecule has 1 unspecified atom stereocenters. The van der Waals surface area contributed by atoms with Crippen molar-refractivity contribution in [2.75, 3.05) is 32.7 Å². The Balaban J connectivity index is 1.44. The molecule has 2 aromatic rings. The molecule has 1 saturated heterocycles. The molecule has 0 bridgehead atoms. The van der Waals surface area contributed by atoms with Crippen molar-refractivity contribution in [1.29, 1.82) is 0 Å². The lowest BCUT2D eigenvalue weighted by Gasteiger charge is -2.34. The Morgan fingerprint density at radius 1 is 1.15 bits per heavy atom. The van der Waals surface area contributed by atoms with Crippen molar-refractivity contribution in [1.82, 2.24) is 15.1 Å². The Kier molecular flexibility index (Phi) is 5.68. The smallest absolute Gasteiger partial charge is 0.257 e. The molecule has 1 fully saturated rings. The van der Waals surface area contributed by atoms with E-state index in [0.717, 1.165) is 5.56 Å². The Labute approximate surface area is 151 Å². The Morgan fingerprint density at radius 3 is 2.46 bits per heavy atom. The van der Waals surface area contributed by atoms with Gasteiger partial charge in [0.15, 0.2) is 0 Å². The van der Waals surface area contributed by atoms with Crippen LogP contribution in [0.5, 0.6) is 0 Å². The molecule has 1 atom stereocenters. The number of hydrogen-bond acceptors (Lipinski definition) is 4. The maximum absolute atomic E-state index is 13.0. The van der Waals surface area contributed by atoms with Crippen LogP contribution in [0.1, 0.15) is 28.9 Å². The van der Waals surface area contributed by atoms with Gasteiger partial charge in [-0.15, -0.1) is 0 Å². The summed E-state index contributed by atoms with van der Waals surface area (Å²) in [6, 6.07) is 7.56. The molecule has 1 aliphatic heterocycles. The summed E-state index contributed by atoms with van der Waals surface area (Å²) < 4.78 is 17.9. The summed E-state index contributed by atoms with van der Waals surface area (Å²) in [4.78, 5) is 28.3. The second kappa shape index (κ2) is 8.14. The predicted octanol–water partition coefficient (Wildman–Crippen LogP) is 2.05. The maximum atomic E-state index is 13.0. The lowest BCUT2D eigenvalue weighted by molar-refractivity contribution is -0.123. The van der Waals surface area contributed by atoms with Crippen LogP contribution in [0.3, 0.4) is 0 Å².